The molecule has 11 heavy (non-hydrogen) atoms. The smallest absolute Gasteiger partial charge is 0.305 e. The lowest BCUT2D eigenvalue weighted by Gasteiger charge is -2.13. The van der Waals surface area contributed by atoms with Gasteiger partial charge in [0.05, 0.1) is 0 Å². The summed E-state index contributed by atoms with van der Waals surface area (Å²) in [5.41, 5.74) is 0. The maximum Gasteiger partial charge on any atom is 0.305 e. The van der Waals surface area contributed by atoms with Crippen LogP contribution in [0.4, 0.5) is 0 Å². The van der Waals surface area contributed by atoms with Gasteiger partial charge in [-0.3, -0.25) is 4.79 Å². The topological polar surface area (TPSA) is 26.3 Å². The molecule has 0 radical (unpaired) electrons. The van der Waals surface area contributed by atoms with Crippen molar-refractivity contribution in [3.63, 3.8) is 0 Å². The highest BCUT2D eigenvalue weighted by molar-refractivity contribution is 7.85. The molecule has 0 bridgehead atoms. The van der Waals surface area contributed by atoms with Crippen LogP contribution in [0.5, 0.6) is 0 Å². The molecule has 0 amide bonds. The van der Waals surface area contributed by atoms with E-state index in [1.807, 2.05) is 6.92 Å². The number of carbonyl (C=O) groups excluding carboxylic acids is 1. The zero-order chi connectivity index (χ0) is 8.85. The van der Waals surface area contributed by atoms with E-state index in [4.69, 9.17) is 4.74 Å². The Morgan fingerprint density at radius 3 is 2.45 bits per heavy atom. The van der Waals surface area contributed by atoms with Crippen molar-refractivity contribution in [3.8, 4) is 0 Å². The summed E-state index contributed by atoms with van der Waals surface area (Å²) in [6.45, 7) is 4.03. The maximum atomic E-state index is 10.7. The molecule has 0 saturated carbocycles. The predicted molar refractivity (Wildman–Crippen MR) is 52.5 cm³/mol. The Morgan fingerprint density at radius 1 is 1.55 bits per heavy atom. The lowest BCUT2D eigenvalue weighted by atomic mass is 10.3. The maximum absolute atomic E-state index is 10.7. The molecule has 0 aliphatic rings. The van der Waals surface area contributed by atoms with Gasteiger partial charge < -0.3 is 4.74 Å². The van der Waals surface area contributed by atoms with Gasteiger partial charge in [-0.25, -0.2) is 0 Å². The number of thiol groups is 2. The summed E-state index contributed by atoms with van der Waals surface area (Å²) in [4.78, 5) is 10.7. The molecular formula is C7H14O2S2. The molecule has 2 unspecified atom stereocenters. The molecule has 0 rings (SSSR count). The summed E-state index contributed by atoms with van der Waals surface area (Å²) >= 11 is 8.34. The van der Waals surface area contributed by atoms with Crippen LogP contribution in [0.25, 0.3) is 0 Å². The first-order valence-electron chi connectivity index (χ1n) is 3.59. The number of hydrogen-bond donors (Lipinski definition) is 2. The SMILES string of the molecule is CCC(=O)OCC(S)C(C)S. The van der Waals surface area contributed by atoms with Gasteiger partial charge in [0.2, 0.25) is 0 Å². The molecule has 0 fully saturated rings. The molecule has 0 heterocycles. The summed E-state index contributed by atoms with van der Waals surface area (Å²) in [5.74, 6) is -0.182. The summed E-state index contributed by atoms with van der Waals surface area (Å²) in [7, 11) is 0. The van der Waals surface area contributed by atoms with Crippen molar-refractivity contribution in [2.45, 2.75) is 30.8 Å². The van der Waals surface area contributed by atoms with Gasteiger partial charge in [0.25, 0.3) is 0 Å². The highest BCUT2D eigenvalue weighted by Gasteiger charge is 2.10. The number of rotatable bonds is 4. The third-order valence-electron chi connectivity index (χ3n) is 1.26. The molecule has 0 aromatic rings. The molecule has 4 heteroatoms. The highest BCUT2D eigenvalue weighted by Crippen LogP contribution is 2.08. The minimum absolute atomic E-state index is 0.0221. The molecule has 0 aliphatic carbocycles. The fraction of sp³-hybridized carbons (Fsp3) is 0.857. The monoisotopic (exact) mass is 194 g/mol. The fourth-order valence-corrected chi connectivity index (χ4v) is 0.580. The Bertz CT molecular complexity index is 126. The average molecular weight is 194 g/mol. The fourth-order valence-electron chi connectivity index (χ4n) is 0.420. The van der Waals surface area contributed by atoms with Crippen LogP contribution in [0.2, 0.25) is 0 Å². The van der Waals surface area contributed by atoms with Crippen molar-refractivity contribution in [3.05, 3.63) is 0 Å². The van der Waals surface area contributed by atoms with Crippen molar-refractivity contribution < 1.29 is 9.53 Å². The summed E-state index contributed by atoms with van der Waals surface area (Å²) < 4.78 is 4.85. The molecule has 0 spiro atoms. The number of ether oxygens (including phenoxy) is 1. The van der Waals surface area contributed by atoms with E-state index in [1.165, 1.54) is 0 Å². The Kier molecular flexibility index (Phi) is 5.86. The third kappa shape index (κ3) is 5.44. The van der Waals surface area contributed by atoms with Crippen LogP contribution in [0, 0.1) is 0 Å². The van der Waals surface area contributed by atoms with Crippen molar-refractivity contribution in [2.24, 2.45) is 0 Å². The van der Waals surface area contributed by atoms with Gasteiger partial charge in [0.1, 0.15) is 6.61 Å². The van der Waals surface area contributed by atoms with Crippen molar-refractivity contribution in [1.82, 2.24) is 0 Å². The standard InChI is InChI=1S/C7H14O2S2/c1-3-7(8)9-4-6(11)5(2)10/h5-6,10-11H,3-4H2,1-2H3. The summed E-state index contributed by atoms with van der Waals surface area (Å²) in [5, 5.41) is 0.164. The van der Waals surface area contributed by atoms with E-state index in [1.54, 1.807) is 6.92 Å². The molecule has 2 atom stereocenters. The quantitative estimate of drug-likeness (QED) is 0.525. The van der Waals surface area contributed by atoms with Crippen LogP contribution >= 0.6 is 25.3 Å². The summed E-state index contributed by atoms with van der Waals surface area (Å²) in [6, 6.07) is 0. The van der Waals surface area contributed by atoms with E-state index in [0.717, 1.165) is 0 Å². The number of carbonyl (C=O) groups is 1. The van der Waals surface area contributed by atoms with Crippen LogP contribution in [0.15, 0.2) is 0 Å². The molecule has 0 saturated heterocycles. The second-order valence-electron chi connectivity index (χ2n) is 2.34. The van der Waals surface area contributed by atoms with E-state index in [0.29, 0.717) is 13.0 Å². The largest absolute Gasteiger partial charge is 0.464 e. The number of hydrogen-bond acceptors (Lipinski definition) is 4. The molecule has 0 aliphatic heterocycles. The average Bonchev–Trinajstić information content (AvgIpc) is 1.99. The van der Waals surface area contributed by atoms with Crippen LogP contribution < -0.4 is 0 Å². The molecule has 0 aromatic heterocycles. The predicted octanol–water partition coefficient (Wildman–Crippen LogP) is 1.56. The first-order chi connectivity index (χ1) is 5.07. The molecule has 0 N–H and O–H groups in total. The number of esters is 1. The van der Waals surface area contributed by atoms with Gasteiger partial charge in [-0.1, -0.05) is 13.8 Å². The molecule has 2 nitrogen and oxygen atoms in total. The van der Waals surface area contributed by atoms with E-state index < -0.39 is 0 Å². The minimum Gasteiger partial charge on any atom is -0.464 e. The third-order valence-corrected chi connectivity index (χ3v) is 2.45. The van der Waals surface area contributed by atoms with Crippen LogP contribution in [0.3, 0.4) is 0 Å². The van der Waals surface area contributed by atoms with Gasteiger partial charge in [-0.05, 0) is 0 Å². The van der Waals surface area contributed by atoms with Gasteiger partial charge in [0, 0.05) is 16.9 Å². The lowest BCUT2D eigenvalue weighted by molar-refractivity contribution is -0.143. The van der Waals surface area contributed by atoms with Crippen molar-refractivity contribution in [1.29, 1.82) is 0 Å². The second kappa shape index (κ2) is 5.77. The normalized spacial score (nSPS) is 15.6. The first kappa shape index (κ1) is 11.2. The van der Waals surface area contributed by atoms with E-state index >= 15 is 0 Å². The van der Waals surface area contributed by atoms with Gasteiger partial charge in [-0.2, -0.15) is 25.3 Å². The van der Waals surface area contributed by atoms with E-state index in [9.17, 15) is 4.79 Å². The lowest BCUT2D eigenvalue weighted by Crippen LogP contribution is -2.20. The van der Waals surface area contributed by atoms with E-state index in [2.05, 4.69) is 25.3 Å². The zero-order valence-corrected chi connectivity index (χ0v) is 8.57. The van der Waals surface area contributed by atoms with Crippen LogP contribution in [-0.2, 0) is 9.53 Å². The minimum atomic E-state index is -0.182. The molecular weight excluding hydrogens is 180 g/mol. The molecule has 0 aromatic carbocycles. The Morgan fingerprint density at radius 2 is 2.09 bits per heavy atom. The Hall–Kier alpha value is 0.170. The van der Waals surface area contributed by atoms with Crippen molar-refractivity contribution >= 4 is 31.2 Å². The second-order valence-corrected chi connectivity index (χ2v) is 3.82. The molecule has 66 valence electrons. The van der Waals surface area contributed by atoms with Gasteiger partial charge >= 0.3 is 5.97 Å². The van der Waals surface area contributed by atoms with Crippen LogP contribution in [-0.4, -0.2) is 23.1 Å². The zero-order valence-electron chi connectivity index (χ0n) is 6.78. The van der Waals surface area contributed by atoms with Gasteiger partial charge in [-0.15, -0.1) is 0 Å². The van der Waals surface area contributed by atoms with Gasteiger partial charge in [0.15, 0.2) is 0 Å². The van der Waals surface area contributed by atoms with E-state index in [-0.39, 0.29) is 16.5 Å². The van der Waals surface area contributed by atoms with Crippen molar-refractivity contribution in [2.75, 3.05) is 6.61 Å². The van der Waals surface area contributed by atoms with Crippen LogP contribution in [0.1, 0.15) is 20.3 Å². The Labute approximate surface area is 78.5 Å². The Balaban J connectivity index is 3.45. The first-order valence-corrected chi connectivity index (χ1v) is 4.63. The highest BCUT2D eigenvalue weighted by atomic mass is 32.1. The summed E-state index contributed by atoms with van der Waals surface area (Å²) in [6.07, 6.45) is 0.418.